The number of hydrogen-bond donors (Lipinski definition) is 1. The van der Waals surface area contributed by atoms with Gasteiger partial charge in [-0.3, -0.25) is 9.59 Å². The highest BCUT2D eigenvalue weighted by Gasteiger charge is 2.31. The van der Waals surface area contributed by atoms with E-state index >= 15 is 0 Å². The molecule has 0 saturated carbocycles. The van der Waals surface area contributed by atoms with E-state index < -0.39 is 22.0 Å². The summed E-state index contributed by atoms with van der Waals surface area (Å²) in [6.07, 6.45) is 1.87. The van der Waals surface area contributed by atoms with Crippen molar-refractivity contribution in [1.82, 2.24) is 14.5 Å². The minimum absolute atomic E-state index is 0.134. The number of halogens is 1. The van der Waals surface area contributed by atoms with Gasteiger partial charge in [-0.05, 0) is 47.5 Å². The highest BCUT2D eigenvalue weighted by atomic mass is 35.5. The van der Waals surface area contributed by atoms with Crippen LogP contribution >= 0.6 is 11.6 Å². The van der Waals surface area contributed by atoms with Crippen LogP contribution in [0.1, 0.15) is 11.1 Å². The van der Waals surface area contributed by atoms with Crippen LogP contribution in [-0.2, 0) is 37.3 Å². The topological polar surface area (TPSA) is 105 Å². The van der Waals surface area contributed by atoms with E-state index in [2.05, 4.69) is 11.9 Å². The molecule has 1 heterocycles. The van der Waals surface area contributed by atoms with Crippen LogP contribution in [0.25, 0.3) is 0 Å². The van der Waals surface area contributed by atoms with Crippen molar-refractivity contribution in [2.24, 2.45) is 0 Å². The van der Waals surface area contributed by atoms with Crippen LogP contribution in [0.4, 0.5) is 0 Å². The van der Waals surface area contributed by atoms with Crippen molar-refractivity contribution in [2.75, 3.05) is 39.5 Å². The molecule has 1 aliphatic rings. The molecule has 0 bridgehead atoms. The molecule has 4 rings (SSSR count). The zero-order chi connectivity index (χ0) is 30.0. The fourth-order valence-electron chi connectivity index (χ4n) is 4.50. The van der Waals surface area contributed by atoms with Gasteiger partial charge in [-0.25, -0.2) is 8.42 Å². The third-order valence-corrected chi connectivity index (χ3v) is 8.92. The molecule has 222 valence electrons. The van der Waals surface area contributed by atoms with Gasteiger partial charge < -0.3 is 19.7 Å². The fourth-order valence-corrected chi connectivity index (χ4v) is 6.04. The van der Waals surface area contributed by atoms with E-state index in [1.54, 1.807) is 30.3 Å². The molecule has 0 radical (unpaired) electrons. The van der Waals surface area contributed by atoms with Crippen LogP contribution in [0, 0.1) is 0 Å². The maximum Gasteiger partial charge on any atom is 0.261 e. The smallest absolute Gasteiger partial charge is 0.261 e. The van der Waals surface area contributed by atoms with Gasteiger partial charge in [-0.15, -0.1) is 6.58 Å². The molecule has 3 aromatic carbocycles. The Morgan fingerprint density at radius 3 is 2.31 bits per heavy atom. The third-order valence-electron chi connectivity index (χ3n) is 6.75. The second-order valence-corrected chi connectivity index (χ2v) is 12.0. The summed E-state index contributed by atoms with van der Waals surface area (Å²) in [5.74, 6) is -0.408. The Hall–Kier alpha value is -3.70. The lowest BCUT2D eigenvalue weighted by atomic mass is 10.0. The number of carbonyl (C=O) groups excluding carboxylic acids is 2. The van der Waals surface area contributed by atoms with E-state index in [9.17, 15) is 18.0 Å². The Labute approximate surface area is 251 Å². The van der Waals surface area contributed by atoms with Gasteiger partial charge in [0.15, 0.2) is 6.61 Å². The first-order valence-corrected chi connectivity index (χ1v) is 15.4. The molecule has 2 amide bonds. The first-order chi connectivity index (χ1) is 20.3. The molecule has 1 saturated heterocycles. The molecular weight excluding hydrogens is 578 g/mol. The van der Waals surface area contributed by atoms with Gasteiger partial charge in [-0.2, -0.15) is 4.31 Å². The summed E-state index contributed by atoms with van der Waals surface area (Å²) in [4.78, 5) is 28.7. The van der Waals surface area contributed by atoms with Crippen LogP contribution in [0.15, 0.2) is 96.4 Å². The number of nitrogens with zero attached hydrogens (tertiary/aromatic N) is 2. The minimum Gasteiger partial charge on any atom is -0.484 e. The predicted molar refractivity (Wildman–Crippen MR) is 161 cm³/mol. The first-order valence-electron chi connectivity index (χ1n) is 13.5. The quantitative estimate of drug-likeness (QED) is 0.296. The van der Waals surface area contributed by atoms with Gasteiger partial charge in [0.1, 0.15) is 11.8 Å². The Balaban J connectivity index is 1.53. The Kier molecular flexibility index (Phi) is 11.1. The normalized spacial score (nSPS) is 14.5. The molecule has 0 aromatic heterocycles. The summed E-state index contributed by atoms with van der Waals surface area (Å²) in [7, 11) is -3.66. The molecular formula is C31H34ClN3O6S. The van der Waals surface area contributed by atoms with Gasteiger partial charge in [0.2, 0.25) is 15.9 Å². The van der Waals surface area contributed by atoms with Crippen LogP contribution in [-0.4, -0.2) is 74.9 Å². The number of benzene rings is 3. The number of rotatable bonds is 13. The number of ether oxygens (including phenoxy) is 2. The van der Waals surface area contributed by atoms with Crippen LogP contribution in [0.3, 0.4) is 0 Å². The molecule has 0 spiro atoms. The second kappa shape index (κ2) is 15.0. The lowest BCUT2D eigenvalue weighted by Gasteiger charge is -2.31. The molecule has 1 fully saturated rings. The molecule has 3 aromatic rings. The Morgan fingerprint density at radius 1 is 1.00 bits per heavy atom. The van der Waals surface area contributed by atoms with Crippen molar-refractivity contribution in [1.29, 1.82) is 0 Å². The summed E-state index contributed by atoms with van der Waals surface area (Å²) in [6.45, 7) is 5.01. The number of nitrogens with one attached hydrogen (secondary N) is 1. The number of hydrogen-bond acceptors (Lipinski definition) is 6. The predicted octanol–water partition coefficient (Wildman–Crippen LogP) is 3.68. The van der Waals surface area contributed by atoms with Gasteiger partial charge in [0, 0.05) is 37.6 Å². The van der Waals surface area contributed by atoms with Gasteiger partial charge in [0.25, 0.3) is 5.91 Å². The highest BCUT2D eigenvalue weighted by Crippen LogP contribution is 2.22. The molecule has 1 unspecified atom stereocenters. The van der Waals surface area contributed by atoms with E-state index in [0.29, 0.717) is 37.1 Å². The molecule has 1 aliphatic heterocycles. The zero-order valence-electron chi connectivity index (χ0n) is 23.2. The van der Waals surface area contributed by atoms with Gasteiger partial charge in [0.05, 0.1) is 18.1 Å². The average Bonchev–Trinajstić information content (AvgIpc) is 3.02. The van der Waals surface area contributed by atoms with E-state index in [0.717, 1.165) is 11.1 Å². The molecule has 0 aliphatic carbocycles. The summed E-state index contributed by atoms with van der Waals surface area (Å²) in [6, 6.07) is 21.6. The SMILES string of the molecule is C=CCNC(=O)C(Cc1ccccc1)N(Cc1ccc(Cl)cc1)C(=O)COc1ccc(S(=O)(=O)N2CCOCC2)cc1. The lowest BCUT2D eigenvalue weighted by molar-refractivity contribution is -0.142. The number of sulfonamides is 1. The standard InChI is InChI=1S/C31H34ClN3O6S/c1-2-16-33-31(37)29(21-24-6-4-3-5-7-24)35(22-25-8-10-26(32)11-9-25)30(36)23-41-27-12-14-28(15-13-27)42(38,39)34-17-19-40-20-18-34/h2-15,29H,1,16-23H2,(H,33,37). The Morgan fingerprint density at radius 2 is 1.67 bits per heavy atom. The minimum atomic E-state index is -3.66. The maximum atomic E-state index is 13.7. The van der Waals surface area contributed by atoms with Crippen molar-refractivity contribution in [2.45, 2.75) is 23.9 Å². The van der Waals surface area contributed by atoms with Crippen molar-refractivity contribution in [3.8, 4) is 5.75 Å². The second-order valence-electron chi connectivity index (χ2n) is 9.66. The number of morpholine rings is 1. The summed E-state index contributed by atoms with van der Waals surface area (Å²) in [5.41, 5.74) is 1.68. The maximum absolute atomic E-state index is 13.7. The van der Waals surface area contributed by atoms with E-state index in [-0.39, 0.29) is 36.9 Å². The average molecular weight is 612 g/mol. The highest BCUT2D eigenvalue weighted by molar-refractivity contribution is 7.89. The van der Waals surface area contributed by atoms with Crippen LogP contribution < -0.4 is 10.1 Å². The molecule has 11 heteroatoms. The number of amides is 2. The fraction of sp³-hybridized carbons (Fsp3) is 0.290. The third kappa shape index (κ3) is 8.42. The summed E-state index contributed by atoms with van der Waals surface area (Å²) >= 11 is 6.07. The molecule has 42 heavy (non-hydrogen) atoms. The van der Waals surface area contributed by atoms with E-state index in [1.807, 2.05) is 30.3 Å². The number of carbonyl (C=O) groups is 2. The van der Waals surface area contributed by atoms with Crippen molar-refractivity contribution < 1.29 is 27.5 Å². The zero-order valence-corrected chi connectivity index (χ0v) is 24.7. The lowest BCUT2D eigenvalue weighted by Crippen LogP contribution is -2.51. The molecule has 1 N–H and O–H groups in total. The first kappa shape index (κ1) is 31.2. The van der Waals surface area contributed by atoms with Crippen LogP contribution in [0.2, 0.25) is 5.02 Å². The van der Waals surface area contributed by atoms with E-state index in [1.165, 1.54) is 33.5 Å². The largest absolute Gasteiger partial charge is 0.484 e. The van der Waals surface area contributed by atoms with Crippen LogP contribution in [0.5, 0.6) is 5.75 Å². The van der Waals surface area contributed by atoms with Crippen molar-refractivity contribution in [3.63, 3.8) is 0 Å². The summed E-state index contributed by atoms with van der Waals surface area (Å²) < 4.78 is 38.3. The van der Waals surface area contributed by atoms with Crippen molar-refractivity contribution in [3.05, 3.63) is 108 Å². The van der Waals surface area contributed by atoms with Crippen molar-refractivity contribution >= 4 is 33.4 Å². The van der Waals surface area contributed by atoms with Gasteiger partial charge >= 0.3 is 0 Å². The van der Waals surface area contributed by atoms with Gasteiger partial charge in [-0.1, -0.05) is 60.1 Å². The molecule has 9 nitrogen and oxygen atoms in total. The monoisotopic (exact) mass is 611 g/mol. The Bertz CT molecular complexity index is 1440. The molecule has 1 atom stereocenters. The van der Waals surface area contributed by atoms with E-state index in [4.69, 9.17) is 21.1 Å². The summed E-state index contributed by atoms with van der Waals surface area (Å²) in [5, 5.41) is 3.38.